The maximum absolute atomic E-state index is 13.8. The number of carbonyl (C=O) groups excluding carboxylic acids is 4. The number of amides is 2. The number of phenols is 1. The van der Waals surface area contributed by atoms with Crippen LogP contribution in [0.1, 0.15) is 62.5 Å². The van der Waals surface area contributed by atoms with Gasteiger partial charge in [0.05, 0.1) is 11.8 Å². The summed E-state index contributed by atoms with van der Waals surface area (Å²) in [5, 5.41) is 20.2. The third-order valence-corrected chi connectivity index (χ3v) is 9.49. The van der Waals surface area contributed by atoms with Gasteiger partial charge in [-0.3, -0.25) is 28.9 Å². The van der Waals surface area contributed by atoms with Gasteiger partial charge in [0.15, 0.2) is 11.6 Å². The van der Waals surface area contributed by atoms with Gasteiger partial charge in [-0.2, -0.15) is 0 Å². The number of fused-ring (bicyclic) bond motifs is 3. The van der Waals surface area contributed by atoms with Gasteiger partial charge in [0, 0.05) is 47.2 Å². The lowest BCUT2D eigenvalue weighted by molar-refractivity contribution is -0.141. The van der Waals surface area contributed by atoms with Gasteiger partial charge >= 0.3 is 5.97 Å². The molecule has 0 aromatic heterocycles. The van der Waals surface area contributed by atoms with Crippen LogP contribution in [0.2, 0.25) is 0 Å². The van der Waals surface area contributed by atoms with Crippen LogP contribution in [0.5, 0.6) is 11.5 Å². The van der Waals surface area contributed by atoms with Crippen molar-refractivity contribution < 1.29 is 38.9 Å². The van der Waals surface area contributed by atoms with Crippen LogP contribution in [0.3, 0.4) is 0 Å². The molecular formula is C36H35NO8. The van der Waals surface area contributed by atoms with E-state index in [1.54, 1.807) is 19.1 Å². The molecule has 0 spiro atoms. The number of rotatable bonds is 10. The molecule has 9 heteroatoms. The lowest BCUT2D eigenvalue weighted by atomic mass is 9.59. The summed E-state index contributed by atoms with van der Waals surface area (Å²) in [6.07, 6.45) is 5.32. The highest BCUT2D eigenvalue weighted by Gasteiger charge is 2.56. The second kappa shape index (κ2) is 12.3. The molecule has 2 aromatic carbocycles. The maximum Gasteiger partial charge on any atom is 0.303 e. The van der Waals surface area contributed by atoms with Crippen LogP contribution in [0.15, 0.2) is 83.0 Å². The van der Waals surface area contributed by atoms with E-state index in [4.69, 9.17) is 9.84 Å². The Labute approximate surface area is 260 Å². The molecule has 45 heavy (non-hydrogen) atoms. The van der Waals surface area contributed by atoms with Crippen molar-refractivity contribution in [3.8, 4) is 11.5 Å². The van der Waals surface area contributed by atoms with Gasteiger partial charge in [0.2, 0.25) is 11.8 Å². The number of imide groups is 1. The van der Waals surface area contributed by atoms with E-state index < -0.39 is 29.6 Å². The number of nitrogens with zero attached hydrogens (tertiary/aromatic N) is 1. The Morgan fingerprint density at radius 2 is 1.76 bits per heavy atom. The zero-order valence-corrected chi connectivity index (χ0v) is 25.0. The Morgan fingerprint density at radius 3 is 2.49 bits per heavy atom. The molecule has 9 nitrogen and oxygen atoms in total. The van der Waals surface area contributed by atoms with Crippen LogP contribution >= 0.6 is 0 Å². The Bertz CT molecular complexity index is 1680. The summed E-state index contributed by atoms with van der Waals surface area (Å²) in [4.78, 5) is 66.4. The molecule has 0 radical (unpaired) electrons. The largest absolute Gasteiger partial charge is 0.507 e. The van der Waals surface area contributed by atoms with Crippen molar-refractivity contribution in [3.05, 3.63) is 94.1 Å². The Hall–Kier alpha value is -4.79. The predicted molar refractivity (Wildman–Crippen MR) is 163 cm³/mol. The highest BCUT2D eigenvalue weighted by atomic mass is 16.5. The second-order valence-corrected chi connectivity index (χ2v) is 12.3. The summed E-state index contributed by atoms with van der Waals surface area (Å²) >= 11 is 0. The summed E-state index contributed by atoms with van der Waals surface area (Å²) in [5.41, 5.74) is 3.14. The van der Waals surface area contributed by atoms with E-state index >= 15 is 0 Å². The van der Waals surface area contributed by atoms with Gasteiger partial charge in [-0.1, -0.05) is 54.5 Å². The minimum absolute atomic E-state index is 0.0367. The molecule has 4 aliphatic rings. The third-order valence-electron chi connectivity index (χ3n) is 9.49. The fourth-order valence-electron chi connectivity index (χ4n) is 7.32. The number of carboxylic acids is 1. The topological polar surface area (TPSA) is 138 Å². The van der Waals surface area contributed by atoms with Crippen molar-refractivity contribution in [2.45, 2.75) is 58.0 Å². The quantitative estimate of drug-likeness (QED) is 0.165. The number of carbonyl (C=O) groups is 5. The number of carboxylic acid groups (broad SMARTS) is 1. The van der Waals surface area contributed by atoms with E-state index in [9.17, 15) is 29.1 Å². The summed E-state index contributed by atoms with van der Waals surface area (Å²) in [6.45, 7) is 2.12. The molecule has 0 bridgehead atoms. The molecule has 6 rings (SSSR count). The van der Waals surface area contributed by atoms with Crippen LogP contribution in [0, 0.1) is 17.8 Å². The molecule has 1 heterocycles. The number of allylic oxidation sites excluding steroid dienone is 6. The number of benzene rings is 2. The van der Waals surface area contributed by atoms with Crippen LogP contribution < -0.4 is 4.74 Å². The Kier molecular flexibility index (Phi) is 8.27. The number of hydrogen-bond acceptors (Lipinski definition) is 7. The fourth-order valence-corrected chi connectivity index (χ4v) is 7.32. The van der Waals surface area contributed by atoms with Gasteiger partial charge in [0.25, 0.3) is 0 Å². The number of ether oxygens (including phenoxy) is 1. The van der Waals surface area contributed by atoms with Crippen molar-refractivity contribution in [2.75, 3.05) is 6.54 Å². The first-order chi connectivity index (χ1) is 21.7. The van der Waals surface area contributed by atoms with E-state index in [-0.39, 0.29) is 48.5 Å². The number of phenolic OH excluding ortho intramolecular Hbond substituents is 1. The normalized spacial score (nSPS) is 24.2. The molecular weight excluding hydrogens is 574 g/mol. The molecule has 3 aliphatic carbocycles. The lowest BCUT2D eigenvalue weighted by Crippen LogP contribution is -2.40. The number of aliphatic carboxylic acids is 1. The van der Waals surface area contributed by atoms with E-state index in [0.717, 1.165) is 11.1 Å². The monoisotopic (exact) mass is 609 g/mol. The van der Waals surface area contributed by atoms with Crippen LogP contribution in [-0.4, -0.2) is 51.0 Å². The van der Waals surface area contributed by atoms with E-state index in [1.165, 1.54) is 17.0 Å². The van der Waals surface area contributed by atoms with E-state index in [0.29, 0.717) is 60.3 Å². The molecule has 232 valence electrons. The molecule has 2 aromatic rings. The first-order valence-corrected chi connectivity index (χ1v) is 15.4. The number of hydrogen-bond donors (Lipinski definition) is 2. The van der Waals surface area contributed by atoms with Gasteiger partial charge in [0.1, 0.15) is 18.1 Å². The second-order valence-electron chi connectivity index (χ2n) is 12.3. The standard InChI is InChI=1S/C36H35NO8/c1-20-16-28(38)27-18-26-23(13-14-25-32(26)36(44)37(35(25)43)15-7-3-6-10-30(40)41)31(33(27)34(20)42)24-12-11-22(17-29(24)39)45-19-21-8-4-2-5-9-21/h2,4-5,8-9,11-13,16-17,25-26,31-32,39H,3,6-7,10,14-15,18-19H2,1H3,(H,40,41)/t25-,26+,31+,32-/m0/s1. The lowest BCUT2D eigenvalue weighted by Gasteiger charge is -2.42. The van der Waals surface area contributed by atoms with Crippen molar-refractivity contribution in [1.29, 1.82) is 0 Å². The van der Waals surface area contributed by atoms with Crippen LogP contribution in [0.25, 0.3) is 0 Å². The summed E-state index contributed by atoms with van der Waals surface area (Å²) < 4.78 is 5.90. The van der Waals surface area contributed by atoms with Crippen LogP contribution in [-0.2, 0) is 30.6 Å². The minimum atomic E-state index is -0.880. The molecule has 2 amide bonds. The Balaban J connectivity index is 1.31. The predicted octanol–water partition coefficient (Wildman–Crippen LogP) is 5.05. The zero-order valence-electron chi connectivity index (χ0n) is 25.0. The first kappa shape index (κ1) is 30.2. The number of unbranched alkanes of at least 4 members (excludes halogenated alkanes) is 2. The number of likely N-dealkylation sites (tertiary alicyclic amines) is 1. The summed E-state index contributed by atoms with van der Waals surface area (Å²) in [5.74, 6) is -4.12. The molecule has 0 unspecified atom stereocenters. The first-order valence-electron chi connectivity index (χ1n) is 15.4. The highest BCUT2D eigenvalue weighted by molar-refractivity contribution is 6.24. The molecule has 2 N–H and O–H groups in total. The average molecular weight is 610 g/mol. The summed E-state index contributed by atoms with van der Waals surface area (Å²) in [7, 11) is 0. The third kappa shape index (κ3) is 5.63. The van der Waals surface area contributed by atoms with Crippen LogP contribution in [0.4, 0.5) is 0 Å². The highest BCUT2D eigenvalue weighted by Crippen LogP contribution is 2.56. The van der Waals surface area contributed by atoms with Crippen molar-refractivity contribution >= 4 is 29.4 Å². The number of Topliss-reactive ketones (excluding diaryl/α,β-unsaturated/α-hetero) is 1. The molecule has 1 saturated heterocycles. The van der Waals surface area contributed by atoms with Gasteiger partial charge < -0.3 is 14.9 Å². The molecule has 1 fully saturated rings. The van der Waals surface area contributed by atoms with Gasteiger partial charge in [-0.15, -0.1) is 0 Å². The van der Waals surface area contributed by atoms with E-state index in [2.05, 4.69) is 0 Å². The van der Waals surface area contributed by atoms with Crippen molar-refractivity contribution in [2.24, 2.45) is 17.8 Å². The maximum atomic E-state index is 13.8. The van der Waals surface area contributed by atoms with Gasteiger partial charge in [-0.05, 0) is 56.2 Å². The van der Waals surface area contributed by atoms with Crippen molar-refractivity contribution in [3.63, 3.8) is 0 Å². The van der Waals surface area contributed by atoms with Gasteiger partial charge in [-0.25, -0.2) is 0 Å². The SMILES string of the molecule is CC1=CC(=O)C2=C(C1=O)[C@@H](c1ccc(OCc3ccccc3)cc1O)C1=CC[C@@H]3C(=O)N(CCCCCC(=O)O)C(=O)[C@@H]3[C@@H]1C2. The molecule has 1 aliphatic heterocycles. The average Bonchev–Trinajstić information content (AvgIpc) is 3.27. The molecule has 0 saturated carbocycles. The number of aromatic hydroxyl groups is 1. The smallest absolute Gasteiger partial charge is 0.303 e. The fraction of sp³-hybridized carbons (Fsp3) is 0.361. The minimum Gasteiger partial charge on any atom is -0.507 e. The zero-order chi connectivity index (χ0) is 31.8. The summed E-state index contributed by atoms with van der Waals surface area (Å²) in [6, 6.07) is 14.5. The number of ketones is 2. The van der Waals surface area contributed by atoms with Crippen molar-refractivity contribution in [1.82, 2.24) is 4.90 Å². The Morgan fingerprint density at radius 1 is 0.978 bits per heavy atom. The molecule has 4 atom stereocenters. The van der Waals surface area contributed by atoms with E-state index in [1.807, 2.05) is 36.4 Å².